The summed E-state index contributed by atoms with van der Waals surface area (Å²) in [5.74, 6) is -1.48. The maximum absolute atomic E-state index is 13.9. The van der Waals surface area contributed by atoms with Crippen molar-refractivity contribution in [2.75, 3.05) is 17.4 Å². The van der Waals surface area contributed by atoms with Crippen molar-refractivity contribution in [2.45, 2.75) is 37.5 Å². The van der Waals surface area contributed by atoms with Gasteiger partial charge < -0.3 is 10.2 Å². The van der Waals surface area contributed by atoms with Crippen molar-refractivity contribution in [2.24, 2.45) is 0 Å². The van der Waals surface area contributed by atoms with E-state index in [1.165, 1.54) is 43.3 Å². The highest BCUT2D eigenvalue weighted by Crippen LogP contribution is 2.37. The van der Waals surface area contributed by atoms with Crippen LogP contribution >= 0.6 is 34.8 Å². The van der Waals surface area contributed by atoms with Crippen LogP contribution in [0.2, 0.25) is 15.1 Å². The molecular formula is C27H25Cl3F3N3O4S. The van der Waals surface area contributed by atoms with Crippen LogP contribution in [0, 0.1) is 0 Å². The number of likely N-dealkylation sites (N-methyl/N-ethyl adjacent to an activating group) is 1. The summed E-state index contributed by atoms with van der Waals surface area (Å²) in [5, 5.41) is 2.62. The second kappa shape index (κ2) is 13.3. The van der Waals surface area contributed by atoms with Gasteiger partial charge in [-0.2, -0.15) is 13.2 Å². The van der Waals surface area contributed by atoms with Gasteiger partial charge in [-0.15, -0.1) is 0 Å². The lowest BCUT2D eigenvalue weighted by molar-refractivity contribution is -0.139. The number of hydrogen-bond donors (Lipinski definition) is 1. The minimum atomic E-state index is -4.83. The highest BCUT2D eigenvalue weighted by Gasteiger charge is 2.36. The van der Waals surface area contributed by atoms with Gasteiger partial charge in [-0.05, 0) is 56.3 Å². The lowest BCUT2D eigenvalue weighted by Gasteiger charge is -2.32. The Morgan fingerprint density at radius 3 is 2.10 bits per heavy atom. The molecule has 3 aromatic carbocycles. The van der Waals surface area contributed by atoms with E-state index in [9.17, 15) is 31.2 Å². The Hall–Kier alpha value is -2.99. The van der Waals surface area contributed by atoms with Crippen molar-refractivity contribution in [3.8, 4) is 0 Å². The molecule has 0 fully saturated rings. The number of amides is 2. The van der Waals surface area contributed by atoms with Crippen LogP contribution in [0.3, 0.4) is 0 Å². The highest BCUT2D eigenvalue weighted by atomic mass is 35.5. The fourth-order valence-corrected chi connectivity index (χ4v) is 6.10. The number of rotatable bonds is 10. The Morgan fingerprint density at radius 1 is 0.927 bits per heavy atom. The molecule has 0 saturated carbocycles. The number of alkyl halides is 3. The molecule has 2 amide bonds. The molecule has 1 atom stereocenters. The quantitative estimate of drug-likeness (QED) is 0.275. The summed E-state index contributed by atoms with van der Waals surface area (Å²) in [7, 11) is -4.63. The zero-order chi connectivity index (χ0) is 30.5. The first-order valence-electron chi connectivity index (χ1n) is 12.1. The first-order chi connectivity index (χ1) is 19.2. The molecule has 0 aliphatic carbocycles. The lowest BCUT2D eigenvalue weighted by Crippen LogP contribution is -2.51. The Kier molecular flexibility index (Phi) is 10.6. The van der Waals surface area contributed by atoms with Gasteiger partial charge in [0.1, 0.15) is 12.6 Å². The predicted molar refractivity (Wildman–Crippen MR) is 153 cm³/mol. The van der Waals surface area contributed by atoms with E-state index in [2.05, 4.69) is 5.32 Å². The zero-order valence-corrected chi connectivity index (χ0v) is 24.8. The van der Waals surface area contributed by atoms with Crippen molar-refractivity contribution < 1.29 is 31.2 Å². The molecule has 0 aromatic heterocycles. The van der Waals surface area contributed by atoms with Crippen LogP contribution in [-0.4, -0.2) is 44.3 Å². The maximum Gasteiger partial charge on any atom is 0.416 e. The van der Waals surface area contributed by atoms with Crippen molar-refractivity contribution >= 4 is 62.3 Å². The molecule has 3 rings (SSSR count). The van der Waals surface area contributed by atoms with Crippen molar-refractivity contribution in [1.82, 2.24) is 10.2 Å². The first-order valence-corrected chi connectivity index (χ1v) is 14.7. The SMILES string of the molecule is CCNC(=O)[C@H](C)N(Cc1c(Cl)cccc1Cl)C(=O)CN(c1cc(C(F)(F)F)ccc1Cl)S(=O)(=O)c1ccccc1. The first kappa shape index (κ1) is 32.5. The van der Waals surface area contributed by atoms with Gasteiger partial charge in [-0.1, -0.05) is 59.1 Å². The molecule has 220 valence electrons. The van der Waals surface area contributed by atoms with Crippen LogP contribution in [0.25, 0.3) is 0 Å². The van der Waals surface area contributed by atoms with E-state index in [0.717, 1.165) is 11.0 Å². The van der Waals surface area contributed by atoms with E-state index in [0.29, 0.717) is 16.4 Å². The number of nitrogens with one attached hydrogen (secondary N) is 1. The Labute approximate surface area is 250 Å². The van der Waals surface area contributed by atoms with Crippen LogP contribution in [0.15, 0.2) is 71.6 Å². The van der Waals surface area contributed by atoms with Gasteiger partial charge in [-0.25, -0.2) is 8.42 Å². The highest BCUT2D eigenvalue weighted by molar-refractivity contribution is 7.92. The number of nitrogens with zero attached hydrogens (tertiary/aromatic N) is 2. The molecule has 0 bridgehead atoms. The van der Waals surface area contributed by atoms with Gasteiger partial charge in [-0.3, -0.25) is 13.9 Å². The summed E-state index contributed by atoms with van der Waals surface area (Å²) in [5.41, 5.74) is -1.46. The van der Waals surface area contributed by atoms with Gasteiger partial charge in [0.2, 0.25) is 11.8 Å². The van der Waals surface area contributed by atoms with Gasteiger partial charge in [0.25, 0.3) is 10.0 Å². The number of carbonyl (C=O) groups is 2. The molecule has 1 N–H and O–H groups in total. The Bertz CT molecular complexity index is 1500. The fourth-order valence-electron chi connectivity index (χ4n) is 3.87. The van der Waals surface area contributed by atoms with E-state index in [1.807, 2.05) is 0 Å². The second-order valence-corrected chi connectivity index (χ2v) is 11.9. The largest absolute Gasteiger partial charge is 0.416 e. The molecule has 7 nitrogen and oxygen atoms in total. The van der Waals surface area contributed by atoms with E-state index < -0.39 is 51.9 Å². The summed E-state index contributed by atoms with van der Waals surface area (Å²) in [6, 6.07) is 12.5. The van der Waals surface area contributed by atoms with Crippen LogP contribution < -0.4 is 9.62 Å². The summed E-state index contributed by atoms with van der Waals surface area (Å²) >= 11 is 18.8. The van der Waals surface area contributed by atoms with Crippen LogP contribution in [0.5, 0.6) is 0 Å². The third kappa shape index (κ3) is 7.65. The molecule has 0 aliphatic rings. The summed E-state index contributed by atoms with van der Waals surface area (Å²) in [6.45, 7) is 2.04. The maximum atomic E-state index is 13.9. The standard InChI is InChI=1S/C27H25Cl3F3N3O4S/c1-3-34-26(38)17(2)35(15-20-21(28)10-7-11-22(20)29)25(37)16-36(41(39,40)19-8-5-4-6-9-19)24-14-18(27(31,32)33)12-13-23(24)30/h4-14,17H,3,15-16H2,1-2H3,(H,34,38)/t17-/m0/s1. The number of benzene rings is 3. The number of anilines is 1. The minimum Gasteiger partial charge on any atom is -0.355 e. The average molecular weight is 651 g/mol. The predicted octanol–water partition coefficient (Wildman–Crippen LogP) is 6.41. The van der Waals surface area contributed by atoms with Crippen LogP contribution in [0.1, 0.15) is 25.0 Å². The topological polar surface area (TPSA) is 86.8 Å². The van der Waals surface area contributed by atoms with Crippen LogP contribution in [0.4, 0.5) is 18.9 Å². The number of carbonyl (C=O) groups excluding carboxylic acids is 2. The van der Waals surface area contributed by atoms with Crippen molar-refractivity contribution in [3.63, 3.8) is 0 Å². The van der Waals surface area contributed by atoms with E-state index >= 15 is 0 Å². The smallest absolute Gasteiger partial charge is 0.355 e. The van der Waals surface area contributed by atoms with Crippen LogP contribution in [-0.2, 0) is 32.3 Å². The van der Waals surface area contributed by atoms with Gasteiger partial charge >= 0.3 is 6.18 Å². The van der Waals surface area contributed by atoms with E-state index in [-0.39, 0.29) is 38.6 Å². The number of hydrogen-bond acceptors (Lipinski definition) is 4. The summed E-state index contributed by atoms with van der Waals surface area (Å²) < 4.78 is 68.8. The lowest BCUT2D eigenvalue weighted by atomic mass is 10.1. The average Bonchev–Trinajstić information content (AvgIpc) is 2.91. The van der Waals surface area contributed by atoms with Gasteiger partial charge in [0.15, 0.2) is 0 Å². The van der Waals surface area contributed by atoms with Crippen molar-refractivity contribution in [1.29, 1.82) is 0 Å². The molecule has 0 unspecified atom stereocenters. The third-order valence-corrected chi connectivity index (χ3v) is 8.86. The fraction of sp³-hybridized carbons (Fsp3) is 0.259. The minimum absolute atomic E-state index is 0.188. The molecule has 0 heterocycles. The third-order valence-electron chi connectivity index (χ3n) is 6.06. The van der Waals surface area contributed by atoms with E-state index in [4.69, 9.17) is 34.8 Å². The molecule has 0 radical (unpaired) electrons. The van der Waals surface area contributed by atoms with E-state index in [1.54, 1.807) is 19.1 Å². The molecule has 41 heavy (non-hydrogen) atoms. The molecule has 0 spiro atoms. The van der Waals surface area contributed by atoms with Gasteiger partial charge in [0, 0.05) is 28.7 Å². The molecule has 3 aromatic rings. The normalized spacial score (nSPS) is 12.5. The number of halogens is 6. The Balaban J connectivity index is 2.16. The summed E-state index contributed by atoms with van der Waals surface area (Å²) in [6.07, 6.45) is -4.83. The van der Waals surface area contributed by atoms with Gasteiger partial charge in [0.05, 0.1) is 21.2 Å². The monoisotopic (exact) mass is 649 g/mol. The summed E-state index contributed by atoms with van der Waals surface area (Å²) in [4.78, 5) is 27.4. The molecule has 14 heteroatoms. The Morgan fingerprint density at radius 2 is 1.54 bits per heavy atom. The molecular weight excluding hydrogens is 626 g/mol. The molecule has 0 aliphatic heterocycles. The number of sulfonamides is 1. The zero-order valence-electron chi connectivity index (χ0n) is 21.8. The second-order valence-electron chi connectivity index (χ2n) is 8.78. The van der Waals surface area contributed by atoms with Crippen molar-refractivity contribution in [3.05, 3.63) is 92.9 Å². The molecule has 0 saturated heterocycles.